The van der Waals surface area contributed by atoms with Gasteiger partial charge in [0.25, 0.3) is 11.8 Å². The SMILES string of the molecule is CSC(SC)=C(C#N)C(=O)Nc1ccc(S(=O)(=O)c2ccc(NC(=O)C(C#N)=C(SC)SC)cc2)cc1. The van der Waals surface area contributed by atoms with E-state index in [1.165, 1.54) is 95.6 Å². The molecule has 0 aliphatic carbocycles. The van der Waals surface area contributed by atoms with Crippen molar-refractivity contribution in [2.24, 2.45) is 0 Å². The summed E-state index contributed by atoms with van der Waals surface area (Å²) in [7, 11) is -3.88. The Hall–Kier alpha value is -2.81. The maximum absolute atomic E-state index is 13.1. The number of carbonyl (C=O) groups excluding carboxylic acids is 2. The van der Waals surface area contributed by atoms with E-state index in [0.29, 0.717) is 19.8 Å². The largest absolute Gasteiger partial charge is 0.321 e. The highest BCUT2D eigenvalue weighted by Gasteiger charge is 2.20. The number of thioether (sulfide) groups is 4. The number of carbonyl (C=O) groups is 2. The summed E-state index contributed by atoms with van der Waals surface area (Å²) in [5.41, 5.74) is 0.652. The number of nitrogens with one attached hydrogen (secondary N) is 2. The van der Waals surface area contributed by atoms with E-state index in [1.807, 2.05) is 12.1 Å². The lowest BCUT2D eigenvalue weighted by molar-refractivity contribution is -0.113. The summed E-state index contributed by atoms with van der Waals surface area (Å²) in [5.74, 6) is -1.16. The molecule has 0 spiro atoms. The van der Waals surface area contributed by atoms with Crippen LogP contribution in [0.25, 0.3) is 0 Å². The summed E-state index contributed by atoms with van der Waals surface area (Å²) in [6.07, 6.45) is 7.07. The van der Waals surface area contributed by atoms with Crippen LogP contribution in [0.4, 0.5) is 11.4 Å². The molecule has 2 N–H and O–H groups in total. The van der Waals surface area contributed by atoms with Crippen LogP contribution in [0.2, 0.25) is 0 Å². The molecular weight excluding hydrogens is 569 g/mol. The lowest BCUT2D eigenvalue weighted by Crippen LogP contribution is -2.15. The van der Waals surface area contributed by atoms with Gasteiger partial charge >= 0.3 is 0 Å². The van der Waals surface area contributed by atoms with Gasteiger partial charge in [-0.3, -0.25) is 9.59 Å². The van der Waals surface area contributed by atoms with Gasteiger partial charge in [0.2, 0.25) is 9.84 Å². The summed E-state index contributed by atoms with van der Waals surface area (Å²) in [6.45, 7) is 0. The highest BCUT2D eigenvalue weighted by molar-refractivity contribution is 8.22. The van der Waals surface area contributed by atoms with Crippen molar-refractivity contribution in [3.63, 3.8) is 0 Å². The molecule has 13 heteroatoms. The Labute approximate surface area is 233 Å². The van der Waals surface area contributed by atoms with Gasteiger partial charge in [0, 0.05) is 11.4 Å². The molecular formula is C24H22N4O4S5. The Morgan fingerprint density at radius 1 is 0.649 bits per heavy atom. The third kappa shape index (κ3) is 7.60. The first-order valence-corrected chi connectivity index (χ1v) is 16.6. The number of benzene rings is 2. The third-order valence-electron chi connectivity index (χ3n) is 4.67. The first-order valence-electron chi connectivity index (χ1n) is 10.2. The number of hydrogen-bond acceptors (Lipinski definition) is 10. The van der Waals surface area contributed by atoms with Crippen LogP contribution in [0, 0.1) is 22.7 Å². The zero-order valence-corrected chi connectivity index (χ0v) is 24.3. The maximum Gasteiger partial charge on any atom is 0.268 e. The van der Waals surface area contributed by atoms with E-state index in [9.17, 15) is 28.5 Å². The van der Waals surface area contributed by atoms with Gasteiger partial charge in [-0.15, -0.1) is 47.0 Å². The van der Waals surface area contributed by atoms with Gasteiger partial charge in [-0.05, 0) is 73.6 Å². The fraction of sp³-hybridized carbons (Fsp3) is 0.167. The van der Waals surface area contributed by atoms with E-state index < -0.39 is 21.7 Å². The summed E-state index contributed by atoms with van der Waals surface area (Å²) >= 11 is 5.17. The molecule has 0 fully saturated rings. The Balaban J connectivity index is 2.21. The molecule has 192 valence electrons. The lowest BCUT2D eigenvalue weighted by Gasteiger charge is -2.10. The van der Waals surface area contributed by atoms with Crippen LogP contribution < -0.4 is 10.6 Å². The molecule has 0 aromatic heterocycles. The molecule has 0 radical (unpaired) electrons. The van der Waals surface area contributed by atoms with Crippen molar-refractivity contribution in [2.45, 2.75) is 9.79 Å². The number of rotatable bonds is 10. The second kappa shape index (κ2) is 14.2. The molecule has 0 heterocycles. The van der Waals surface area contributed by atoms with Crippen LogP contribution in [-0.4, -0.2) is 45.3 Å². The minimum Gasteiger partial charge on any atom is -0.321 e. The first-order chi connectivity index (χ1) is 17.7. The molecule has 0 saturated heterocycles. The summed E-state index contributed by atoms with van der Waals surface area (Å²) in [5, 5.41) is 23.9. The summed E-state index contributed by atoms with van der Waals surface area (Å²) in [4.78, 5) is 24.9. The average Bonchev–Trinajstić information content (AvgIpc) is 2.90. The van der Waals surface area contributed by atoms with E-state index in [2.05, 4.69) is 10.6 Å². The lowest BCUT2D eigenvalue weighted by atomic mass is 10.2. The standard InChI is InChI=1S/C24H22N4O4S5/c1-33-23(34-2)19(13-25)21(29)27-15-5-9-17(10-6-15)37(31,32)18-11-7-16(8-12-18)28-22(30)20(14-26)24(35-3)36-4/h5-12H,1-4H3,(H,27,29)(H,28,30). The molecule has 0 saturated carbocycles. The van der Waals surface area contributed by atoms with Gasteiger partial charge in [-0.1, -0.05) is 0 Å². The number of nitriles is 2. The molecule has 2 aromatic rings. The number of anilines is 2. The van der Waals surface area contributed by atoms with Crippen molar-refractivity contribution in [2.75, 3.05) is 35.7 Å². The van der Waals surface area contributed by atoms with E-state index in [1.54, 1.807) is 25.0 Å². The quantitative estimate of drug-likeness (QED) is 0.276. The van der Waals surface area contributed by atoms with Gasteiger partial charge in [-0.2, -0.15) is 10.5 Å². The molecule has 0 bridgehead atoms. The smallest absolute Gasteiger partial charge is 0.268 e. The van der Waals surface area contributed by atoms with Crippen molar-refractivity contribution < 1.29 is 18.0 Å². The molecule has 0 aliphatic heterocycles. The molecule has 0 atom stereocenters. The molecule has 0 unspecified atom stereocenters. The third-order valence-corrected chi connectivity index (χ3v) is 10.8. The molecule has 2 rings (SSSR count). The van der Waals surface area contributed by atoms with E-state index >= 15 is 0 Å². The Morgan fingerprint density at radius 3 is 1.19 bits per heavy atom. The number of hydrogen-bond donors (Lipinski definition) is 2. The van der Waals surface area contributed by atoms with E-state index in [4.69, 9.17) is 0 Å². The second-order valence-corrected chi connectivity index (χ2v) is 12.6. The number of nitrogens with zero attached hydrogens (tertiary/aromatic N) is 2. The van der Waals surface area contributed by atoms with Crippen molar-refractivity contribution in [1.29, 1.82) is 10.5 Å². The van der Waals surface area contributed by atoms with Gasteiger partial charge < -0.3 is 10.6 Å². The van der Waals surface area contributed by atoms with Crippen LogP contribution in [0.5, 0.6) is 0 Å². The Morgan fingerprint density at radius 2 is 0.946 bits per heavy atom. The topological polar surface area (TPSA) is 140 Å². The Bertz CT molecular complexity index is 1300. The highest BCUT2D eigenvalue weighted by atomic mass is 32.2. The van der Waals surface area contributed by atoms with Crippen LogP contribution in [-0.2, 0) is 19.4 Å². The van der Waals surface area contributed by atoms with Crippen LogP contribution in [0.1, 0.15) is 0 Å². The van der Waals surface area contributed by atoms with Crippen molar-refractivity contribution in [3.8, 4) is 12.1 Å². The minimum atomic E-state index is -3.88. The van der Waals surface area contributed by atoms with Gasteiger partial charge in [0.1, 0.15) is 23.3 Å². The van der Waals surface area contributed by atoms with Crippen LogP contribution in [0.3, 0.4) is 0 Å². The predicted octanol–water partition coefficient (Wildman–Crippen LogP) is 5.32. The molecule has 8 nitrogen and oxygen atoms in total. The minimum absolute atomic E-state index is 0.00605. The summed E-state index contributed by atoms with van der Waals surface area (Å²) in [6, 6.07) is 15.0. The van der Waals surface area contributed by atoms with Crippen molar-refractivity contribution in [3.05, 3.63) is 68.2 Å². The summed E-state index contributed by atoms with van der Waals surface area (Å²) < 4.78 is 27.3. The predicted molar refractivity (Wildman–Crippen MR) is 155 cm³/mol. The highest BCUT2D eigenvalue weighted by Crippen LogP contribution is 2.30. The Kier molecular flexibility index (Phi) is 11.7. The normalized spacial score (nSPS) is 10.4. The van der Waals surface area contributed by atoms with Gasteiger partial charge in [0.05, 0.1) is 18.3 Å². The fourth-order valence-corrected chi connectivity index (χ4v) is 6.88. The maximum atomic E-state index is 13.1. The molecule has 2 aromatic carbocycles. The van der Waals surface area contributed by atoms with Gasteiger partial charge in [-0.25, -0.2) is 8.42 Å². The van der Waals surface area contributed by atoms with E-state index in [-0.39, 0.29) is 20.9 Å². The second-order valence-electron chi connectivity index (χ2n) is 6.83. The molecule has 37 heavy (non-hydrogen) atoms. The van der Waals surface area contributed by atoms with Crippen LogP contribution >= 0.6 is 47.0 Å². The average molecular weight is 591 g/mol. The monoisotopic (exact) mass is 590 g/mol. The zero-order valence-electron chi connectivity index (χ0n) is 20.2. The molecule has 2 amide bonds. The van der Waals surface area contributed by atoms with Crippen molar-refractivity contribution >= 4 is 80.1 Å². The van der Waals surface area contributed by atoms with Crippen LogP contribution in [0.15, 0.2) is 77.9 Å². The van der Waals surface area contributed by atoms with Gasteiger partial charge in [0.15, 0.2) is 0 Å². The fourth-order valence-electron chi connectivity index (χ4n) is 2.91. The van der Waals surface area contributed by atoms with Crippen molar-refractivity contribution in [1.82, 2.24) is 0 Å². The number of sulfone groups is 1. The zero-order chi connectivity index (χ0) is 27.6. The molecule has 0 aliphatic rings. The first kappa shape index (κ1) is 30.4. The van der Waals surface area contributed by atoms with E-state index in [0.717, 1.165) is 0 Å². The number of amides is 2.